The summed E-state index contributed by atoms with van der Waals surface area (Å²) in [7, 11) is 1.02. The van der Waals surface area contributed by atoms with Crippen LogP contribution >= 0.6 is 0 Å². The van der Waals surface area contributed by atoms with E-state index < -0.39 is 7.32 Å². The Morgan fingerprint density at radius 1 is 0.548 bits per heavy atom. The van der Waals surface area contributed by atoms with Crippen LogP contribution in [0.4, 0.5) is 0 Å². The minimum absolute atomic E-state index is 0.159. The van der Waals surface area contributed by atoms with Crippen LogP contribution in [-0.2, 0) is 10.1 Å². The molecule has 0 saturated heterocycles. The van der Waals surface area contributed by atoms with Crippen molar-refractivity contribution in [2.24, 2.45) is 0 Å². The van der Waals surface area contributed by atoms with Crippen LogP contribution < -0.4 is 29.2 Å². The van der Waals surface area contributed by atoms with Crippen molar-refractivity contribution in [2.45, 2.75) is 18.3 Å². The Bertz CT molecular complexity index is 1230. The quantitative estimate of drug-likeness (QED) is 0.113. The molecule has 0 atom stereocenters. The fraction of sp³-hybridized carbons (Fsp3) is 0.176. The summed E-state index contributed by atoms with van der Waals surface area (Å²) in [5, 5.41) is 21.4. The Morgan fingerprint density at radius 2 is 0.881 bits per heavy atom. The first-order valence-corrected chi connectivity index (χ1v) is 13.7. The van der Waals surface area contributed by atoms with Gasteiger partial charge < -0.3 is 14.7 Å². The highest BCUT2D eigenvalue weighted by Gasteiger charge is 2.35. The lowest BCUT2D eigenvalue weighted by molar-refractivity contribution is -0.885. The zero-order valence-corrected chi connectivity index (χ0v) is 24.1. The summed E-state index contributed by atoms with van der Waals surface area (Å²) >= 11 is 0. The molecule has 0 amide bonds. The zero-order valence-electron chi connectivity index (χ0n) is 24.1. The van der Waals surface area contributed by atoms with Gasteiger partial charge in [-0.3, -0.25) is 9.68 Å². The van der Waals surface area contributed by atoms with Crippen molar-refractivity contribution in [2.75, 3.05) is 20.8 Å². The molecule has 3 aromatic carbocycles. The Morgan fingerprint density at radius 3 is 1.17 bits per heavy atom. The van der Waals surface area contributed by atoms with Crippen LogP contribution in [-0.4, -0.2) is 28.1 Å². The van der Waals surface area contributed by atoms with Crippen LogP contribution in [0.2, 0.25) is 0 Å². The van der Waals surface area contributed by atoms with Crippen LogP contribution in [0, 0.1) is 0 Å². The fourth-order valence-corrected chi connectivity index (χ4v) is 4.63. The maximum absolute atomic E-state index is 10.7. The van der Waals surface area contributed by atoms with Gasteiger partial charge in [0.1, 0.15) is 14.2 Å². The summed E-state index contributed by atoms with van der Waals surface area (Å²) < 4.78 is 7.98. The van der Waals surface area contributed by atoms with E-state index in [0.717, 1.165) is 6.42 Å². The average molecular weight is 564 g/mol. The van der Waals surface area contributed by atoms with Crippen molar-refractivity contribution in [1.82, 2.24) is 0 Å². The van der Waals surface area contributed by atoms with Gasteiger partial charge in [-0.25, -0.2) is 0 Å². The lowest BCUT2D eigenvalue weighted by Crippen LogP contribution is -2.48. The third-order valence-corrected chi connectivity index (χ3v) is 6.55. The normalized spacial score (nSPS) is 10.3. The van der Waals surface area contributed by atoms with Crippen LogP contribution in [0.3, 0.4) is 0 Å². The zero-order chi connectivity index (χ0) is 29.9. The molecule has 7 nitrogen and oxygen atoms in total. The number of nitrogens with zero attached hydrogens (tertiary/aromatic N) is 2. The van der Waals surface area contributed by atoms with Crippen molar-refractivity contribution in [3.63, 3.8) is 0 Å². The highest BCUT2D eigenvalue weighted by molar-refractivity contribution is 6.28. The smallest absolute Gasteiger partial charge is 0.222 e. The largest absolute Gasteiger partial charge is 0.871 e. The molecule has 0 bridgehead atoms. The van der Waals surface area contributed by atoms with Crippen LogP contribution in [0.5, 0.6) is 0 Å². The van der Waals surface area contributed by atoms with Gasteiger partial charge >= 0.3 is 0 Å². The lowest BCUT2D eigenvalue weighted by atomic mass is 9.67. The molecule has 2 aromatic heterocycles. The van der Waals surface area contributed by atoms with Crippen molar-refractivity contribution in [1.29, 1.82) is 0 Å². The van der Waals surface area contributed by atoms with E-state index >= 15 is 0 Å². The predicted molar refractivity (Wildman–Crippen MR) is 158 cm³/mol. The number of benzene rings is 3. The standard InChI is InChI=1S/C22H21BO3.2C6H8NO/c24-23(25)26-18-10-17-22(19-11-4-1-5-12-19,20-13-6-2-7-14-20)21-15-8-3-9-16-21;2*1-8-7-5-3-2-4-6-7/h1-9,11-16H,10,17-18H2;2*2-6H,1H3/q-2;2*+1. The molecule has 0 aliphatic heterocycles. The van der Waals surface area contributed by atoms with Gasteiger partial charge in [0.05, 0.1) is 7.32 Å². The van der Waals surface area contributed by atoms with Crippen molar-refractivity contribution >= 4 is 7.32 Å². The summed E-state index contributed by atoms with van der Waals surface area (Å²) in [5.74, 6) is 0. The Kier molecular flexibility index (Phi) is 13.8. The molecule has 5 aromatic rings. The van der Waals surface area contributed by atoms with Gasteiger partial charge in [-0.05, 0) is 29.5 Å². The second kappa shape index (κ2) is 18.0. The van der Waals surface area contributed by atoms with E-state index in [9.17, 15) is 10.0 Å². The molecule has 5 rings (SSSR count). The molecule has 0 radical (unpaired) electrons. The number of hydrogen-bond acceptors (Lipinski definition) is 5. The van der Waals surface area contributed by atoms with Gasteiger partial charge in [-0.1, -0.05) is 103 Å². The number of pyridine rings is 2. The summed E-state index contributed by atoms with van der Waals surface area (Å²) in [6.07, 6.45) is 8.68. The van der Waals surface area contributed by atoms with Crippen LogP contribution in [0.25, 0.3) is 0 Å². The lowest BCUT2D eigenvalue weighted by Gasteiger charge is -2.37. The van der Waals surface area contributed by atoms with Gasteiger partial charge in [0.2, 0.25) is 24.8 Å². The second-order valence-electron chi connectivity index (χ2n) is 9.10. The number of rotatable bonds is 10. The number of hydrogen-bond donors (Lipinski definition) is 0. The molecular formula is C34H37BN2O5. The highest BCUT2D eigenvalue weighted by Crippen LogP contribution is 2.42. The van der Waals surface area contributed by atoms with Crippen molar-refractivity contribution in [3.8, 4) is 0 Å². The third kappa shape index (κ3) is 9.85. The van der Waals surface area contributed by atoms with E-state index in [4.69, 9.17) is 14.3 Å². The van der Waals surface area contributed by atoms with E-state index in [1.165, 1.54) is 16.7 Å². The molecule has 0 saturated carbocycles. The molecule has 0 spiro atoms. The molecule has 0 fully saturated rings. The molecular weight excluding hydrogens is 527 g/mol. The summed E-state index contributed by atoms with van der Waals surface area (Å²) in [6, 6.07) is 42.5. The second-order valence-corrected chi connectivity index (χ2v) is 9.10. The SMILES string of the molecule is CO[n+]1ccccc1.CO[n+]1ccccc1.[O-]B([O-])OCCCC(c1ccccc1)(c1ccccc1)c1ccccc1. The first-order valence-electron chi connectivity index (χ1n) is 13.7. The fourth-order valence-electron chi connectivity index (χ4n) is 4.63. The minimum Gasteiger partial charge on any atom is -0.871 e. The van der Waals surface area contributed by atoms with Crippen LogP contribution in [0.1, 0.15) is 29.5 Å². The van der Waals surface area contributed by atoms with E-state index in [-0.39, 0.29) is 12.0 Å². The maximum atomic E-state index is 10.7. The Balaban J connectivity index is 0.000000244. The van der Waals surface area contributed by atoms with E-state index in [1.54, 1.807) is 23.7 Å². The van der Waals surface area contributed by atoms with Gasteiger partial charge in [-0.2, -0.15) is 0 Å². The summed E-state index contributed by atoms with van der Waals surface area (Å²) in [5.41, 5.74) is 3.17. The third-order valence-electron chi connectivity index (χ3n) is 6.55. The first-order chi connectivity index (χ1) is 20.6. The summed E-state index contributed by atoms with van der Waals surface area (Å²) in [6.45, 7) is 0.159. The maximum Gasteiger partial charge on any atom is 0.222 e. The topological polar surface area (TPSA) is 81.6 Å². The predicted octanol–water partition coefficient (Wildman–Crippen LogP) is 2.59. The monoisotopic (exact) mass is 564 g/mol. The van der Waals surface area contributed by atoms with E-state index in [0.29, 0.717) is 6.42 Å². The highest BCUT2D eigenvalue weighted by atomic mass is 16.6. The van der Waals surface area contributed by atoms with Crippen LogP contribution in [0.15, 0.2) is 152 Å². The molecule has 0 N–H and O–H groups in total. The van der Waals surface area contributed by atoms with Crippen molar-refractivity contribution < 1.29 is 33.8 Å². The van der Waals surface area contributed by atoms with E-state index in [2.05, 4.69) is 36.4 Å². The molecule has 216 valence electrons. The Hall–Kier alpha value is -4.50. The molecule has 0 aliphatic rings. The van der Waals surface area contributed by atoms with Gasteiger partial charge in [0.25, 0.3) is 0 Å². The molecule has 0 aliphatic carbocycles. The minimum atomic E-state index is -2.23. The molecule has 2 heterocycles. The molecule has 42 heavy (non-hydrogen) atoms. The van der Waals surface area contributed by atoms with Gasteiger partial charge in [0, 0.05) is 45.7 Å². The Labute approximate surface area is 248 Å². The van der Waals surface area contributed by atoms with E-state index in [1.807, 2.05) is 116 Å². The van der Waals surface area contributed by atoms with Gasteiger partial charge in [0.15, 0.2) is 0 Å². The average Bonchev–Trinajstić information content (AvgIpc) is 3.07. The molecule has 8 heteroatoms. The van der Waals surface area contributed by atoms with Crippen molar-refractivity contribution in [3.05, 3.63) is 169 Å². The first kappa shape index (κ1) is 32.0. The number of aromatic nitrogens is 2. The molecule has 0 unspecified atom stereocenters. The summed E-state index contributed by atoms with van der Waals surface area (Å²) in [4.78, 5) is 9.66. The van der Waals surface area contributed by atoms with Gasteiger partial charge in [-0.15, -0.1) is 0 Å².